The van der Waals surface area contributed by atoms with Gasteiger partial charge in [0.25, 0.3) is 0 Å². The molecule has 5 nitrogen and oxygen atoms in total. The number of carbonyl (C=O) groups excluding carboxylic acids is 1. The van der Waals surface area contributed by atoms with Crippen molar-refractivity contribution in [3.05, 3.63) is 46.6 Å². The third kappa shape index (κ3) is 3.85. The van der Waals surface area contributed by atoms with Crippen LogP contribution < -0.4 is 0 Å². The first-order valence-electron chi connectivity index (χ1n) is 8.44. The van der Waals surface area contributed by atoms with Gasteiger partial charge in [-0.15, -0.1) is 0 Å². The summed E-state index contributed by atoms with van der Waals surface area (Å²) in [5.41, 5.74) is 1.03. The third-order valence-electron chi connectivity index (χ3n) is 4.31. The Hall–Kier alpha value is -2.08. The van der Waals surface area contributed by atoms with E-state index in [-0.39, 0.29) is 33.0 Å². The zero-order valence-electron chi connectivity index (χ0n) is 16.4. The molecule has 0 aliphatic rings. The van der Waals surface area contributed by atoms with E-state index in [9.17, 15) is 18.3 Å². The van der Waals surface area contributed by atoms with Crippen molar-refractivity contribution in [3.63, 3.8) is 0 Å². The van der Waals surface area contributed by atoms with Crippen LogP contribution >= 0.6 is 0 Å². The Labute approximate surface area is 155 Å². The number of H-pyrrole nitrogens is 1. The van der Waals surface area contributed by atoms with Gasteiger partial charge in [-0.1, -0.05) is 41.5 Å². The molecule has 0 radical (unpaired) electrons. The van der Waals surface area contributed by atoms with Crippen molar-refractivity contribution in [3.8, 4) is 5.75 Å². The van der Waals surface area contributed by atoms with Gasteiger partial charge in [0, 0.05) is 29.1 Å². The fourth-order valence-electron chi connectivity index (χ4n) is 2.90. The zero-order chi connectivity index (χ0) is 20.1. The topological polar surface area (TPSA) is 87.2 Å². The molecule has 142 valence electrons. The van der Waals surface area contributed by atoms with Crippen LogP contribution in [0.25, 0.3) is 0 Å². The van der Waals surface area contributed by atoms with Crippen LogP contribution in [0.1, 0.15) is 68.6 Å². The average Bonchev–Trinajstić information content (AvgIpc) is 2.93. The van der Waals surface area contributed by atoms with E-state index in [1.807, 2.05) is 41.5 Å². The summed E-state index contributed by atoms with van der Waals surface area (Å²) in [6.07, 6.45) is 2.51. The van der Waals surface area contributed by atoms with Crippen molar-refractivity contribution in [2.75, 3.05) is 6.26 Å². The molecule has 2 N–H and O–H groups in total. The summed E-state index contributed by atoms with van der Waals surface area (Å²) in [4.78, 5) is 15.7. The molecule has 1 aromatic heterocycles. The summed E-state index contributed by atoms with van der Waals surface area (Å²) >= 11 is 0. The number of benzene rings is 1. The predicted molar refractivity (Wildman–Crippen MR) is 103 cm³/mol. The second-order valence-corrected chi connectivity index (χ2v) is 10.7. The highest BCUT2D eigenvalue weighted by molar-refractivity contribution is 7.90. The average molecular weight is 378 g/mol. The van der Waals surface area contributed by atoms with E-state index < -0.39 is 9.84 Å². The van der Waals surface area contributed by atoms with Crippen molar-refractivity contribution < 1.29 is 18.3 Å². The van der Waals surface area contributed by atoms with Crippen LogP contribution in [-0.4, -0.2) is 30.5 Å². The zero-order valence-corrected chi connectivity index (χ0v) is 17.2. The van der Waals surface area contributed by atoms with Crippen LogP contribution in [0.3, 0.4) is 0 Å². The fraction of sp³-hybridized carbons (Fsp3) is 0.450. The first-order chi connectivity index (χ1) is 11.6. The lowest BCUT2D eigenvalue weighted by molar-refractivity contribution is 0.103. The molecule has 0 aliphatic heterocycles. The van der Waals surface area contributed by atoms with Gasteiger partial charge in [0.15, 0.2) is 15.6 Å². The molecule has 0 saturated carbocycles. The molecule has 0 fully saturated rings. The standard InChI is InChI=1S/C20H27NO4S/c1-19(2,3)14-10-12(11-15(17(14)23)20(4,5)6)16(22)13-8-9-21-18(13)26(7,24)25/h8-11,21,23H,1-7H3. The molecule has 0 unspecified atom stereocenters. The monoisotopic (exact) mass is 377 g/mol. The number of ketones is 1. The Kier molecular flexibility index (Phi) is 4.88. The van der Waals surface area contributed by atoms with E-state index >= 15 is 0 Å². The van der Waals surface area contributed by atoms with Crippen molar-refractivity contribution in [2.45, 2.75) is 57.4 Å². The maximum absolute atomic E-state index is 13.1. The Morgan fingerprint density at radius 1 is 1.00 bits per heavy atom. The van der Waals surface area contributed by atoms with Crippen LogP contribution in [0, 0.1) is 0 Å². The number of phenols is 1. The first-order valence-corrected chi connectivity index (χ1v) is 10.3. The van der Waals surface area contributed by atoms with Gasteiger partial charge < -0.3 is 10.1 Å². The van der Waals surface area contributed by atoms with Gasteiger partial charge in [-0.2, -0.15) is 0 Å². The number of nitrogens with one attached hydrogen (secondary N) is 1. The predicted octanol–water partition coefficient (Wildman–Crippen LogP) is 3.95. The highest BCUT2D eigenvalue weighted by Gasteiger charge is 2.29. The molecule has 0 aliphatic carbocycles. The second kappa shape index (κ2) is 6.27. The van der Waals surface area contributed by atoms with E-state index in [1.54, 1.807) is 12.1 Å². The number of aromatic hydroxyl groups is 1. The Morgan fingerprint density at radius 2 is 1.46 bits per heavy atom. The van der Waals surface area contributed by atoms with Gasteiger partial charge in [0.2, 0.25) is 0 Å². The van der Waals surface area contributed by atoms with E-state index in [4.69, 9.17) is 0 Å². The number of hydrogen-bond acceptors (Lipinski definition) is 4. The van der Waals surface area contributed by atoms with Gasteiger partial charge >= 0.3 is 0 Å². The van der Waals surface area contributed by atoms with Crippen molar-refractivity contribution in [2.24, 2.45) is 0 Å². The molecule has 2 rings (SSSR count). The molecule has 2 aromatic rings. The minimum atomic E-state index is -3.55. The Bertz CT molecular complexity index is 919. The molecular weight excluding hydrogens is 350 g/mol. The number of aromatic amines is 1. The Balaban J connectivity index is 2.75. The SMILES string of the molecule is CC(C)(C)c1cc(C(=O)c2cc[nH]c2S(C)(=O)=O)cc(C(C)(C)C)c1O. The van der Waals surface area contributed by atoms with Gasteiger partial charge in [-0.3, -0.25) is 4.79 Å². The maximum Gasteiger partial charge on any atom is 0.195 e. The van der Waals surface area contributed by atoms with Gasteiger partial charge in [0.1, 0.15) is 10.8 Å². The van der Waals surface area contributed by atoms with Crippen LogP contribution in [0.4, 0.5) is 0 Å². The molecule has 0 bridgehead atoms. The van der Waals surface area contributed by atoms with E-state index in [2.05, 4.69) is 4.98 Å². The maximum atomic E-state index is 13.1. The Morgan fingerprint density at radius 3 is 1.85 bits per heavy atom. The molecule has 0 atom stereocenters. The highest BCUT2D eigenvalue weighted by Crippen LogP contribution is 2.40. The largest absolute Gasteiger partial charge is 0.507 e. The summed E-state index contributed by atoms with van der Waals surface area (Å²) < 4.78 is 23.9. The lowest BCUT2D eigenvalue weighted by Crippen LogP contribution is -2.19. The lowest BCUT2D eigenvalue weighted by atomic mass is 9.78. The van der Waals surface area contributed by atoms with Crippen molar-refractivity contribution in [1.82, 2.24) is 4.98 Å². The van der Waals surface area contributed by atoms with E-state index in [1.165, 1.54) is 12.3 Å². The second-order valence-electron chi connectivity index (χ2n) is 8.74. The number of phenolic OH excluding ortho intramolecular Hbond substituents is 1. The highest BCUT2D eigenvalue weighted by atomic mass is 32.2. The fourth-order valence-corrected chi connectivity index (χ4v) is 3.75. The van der Waals surface area contributed by atoms with E-state index in [0.717, 1.165) is 6.26 Å². The molecule has 1 aromatic carbocycles. The molecule has 6 heteroatoms. The molecular formula is C20H27NO4S. The van der Waals surface area contributed by atoms with E-state index in [0.29, 0.717) is 16.7 Å². The number of sulfone groups is 1. The minimum absolute atomic E-state index is 0.0924. The molecule has 1 heterocycles. The summed E-state index contributed by atoms with van der Waals surface area (Å²) in [6, 6.07) is 4.79. The van der Waals surface area contributed by atoms with Crippen LogP contribution in [0.5, 0.6) is 5.75 Å². The van der Waals surface area contributed by atoms with Crippen LogP contribution in [-0.2, 0) is 20.7 Å². The van der Waals surface area contributed by atoms with Crippen molar-refractivity contribution in [1.29, 1.82) is 0 Å². The van der Waals surface area contributed by atoms with Gasteiger partial charge in [-0.05, 0) is 29.0 Å². The van der Waals surface area contributed by atoms with Gasteiger partial charge in [0.05, 0.1) is 5.56 Å². The van der Waals surface area contributed by atoms with Crippen LogP contribution in [0.2, 0.25) is 0 Å². The normalized spacial score (nSPS) is 13.0. The number of carbonyl (C=O) groups is 1. The molecule has 0 spiro atoms. The van der Waals surface area contributed by atoms with Gasteiger partial charge in [-0.25, -0.2) is 8.42 Å². The molecule has 26 heavy (non-hydrogen) atoms. The third-order valence-corrected chi connectivity index (χ3v) is 5.39. The minimum Gasteiger partial charge on any atom is -0.507 e. The van der Waals surface area contributed by atoms with Crippen LogP contribution in [0.15, 0.2) is 29.4 Å². The summed E-state index contributed by atoms with van der Waals surface area (Å²) in [6.45, 7) is 11.8. The number of rotatable bonds is 3. The number of aromatic nitrogens is 1. The summed E-state index contributed by atoms with van der Waals surface area (Å²) in [7, 11) is -3.55. The lowest BCUT2D eigenvalue weighted by Gasteiger charge is -2.28. The smallest absolute Gasteiger partial charge is 0.195 e. The first kappa shape index (κ1) is 20.2. The summed E-state index contributed by atoms with van der Waals surface area (Å²) in [5.74, 6) is -0.207. The van der Waals surface area contributed by atoms with Crippen molar-refractivity contribution >= 4 is 15.6 Å². The molecule has 0 saturated heterocycles. The summed E-state index contributed by atoms with van der Waals surface area (Å²) in [5, 5.41) is 10.7. The quantitative estimate of drug-likeness (QED) is 0.793. The number of hydrogen-bond donors (Lipinski definition) is 2. The molecule has 0 amide bonds.